The van der Waals surface area contributed by atoms with E-state index in [2.05, 4.69) is 26.1 Å². The zero-order chi connectivity index (χ0) is 9.23. The molecular weight excluding hydrogens is 166 g/mol. The lowest BCUT2D eigenvalue weighted by Gasteiger charge is -2.12. The van der Waals surface area contributed by atoms with Crippen molar-refractivity contribution in [3.8, 4) is 0 Å². The molecule has 0 bridgehead atoms. The fourth-order valence-corrected chi connectivity index (χ4v) is 1.79. The largest absolute Gasteiger partial charge is 0.314 e. The molecule has 0 saturated carbocycles. The first-order valence-electron chi connectivity index (χ1n) is 5.12. The van der Waals surface area contributed by atoms with Crippen LogP contribution in [0.3, 0.4) is 0 Å². The minimum absolute atomic E-state index is 0.711. The third-order valence-corrected chi connectivity index (χ3v) is 2.86. The molecule has 12 heavy (non-hydrogen) atoms. The van der Waals surface area contributed by atoms with Crippen LogP contribution in [-0.2, 0) is 0 Å². The lowest BCUT2D eigenvalue weighted by Crippen LogP contribution is -2.26. The van der Waals surface area contributed by atoms with E-state index in [0.717, 1.165) is 0 Å². The molecule has 0 amide bonds. The standard InChI is InChI=1S/C10H23NS/c1-4-8-11-10(3)7-6-9-12-5-2/h10-11H,4-9H2,1-3H3. The van der Waals surface area contributed by atoms with Gasteiger partial charge in [0, 0.05) is 6.04 Å². The predicted molar refractivity (Wildman–Crippen MR) is 60.0 cm³/mol. The van der Waals surface area contributed by atoms with Gasteiger partial charge >= 0.3 is 0 Å². The van der Waals surface area contributed by atoms with Crippen LogP contribution >= 0.6 is 11.8 Å². The van der Waals surface area contributed by atoms with Gasteiger partial charge in [-0.05, 0) is 44.2 Å². The lowest BCUT2D eigenvalue weighted by atomic mass is 10.2. The molecular formula is C10H23NS. The van der Waals surface area contributed by atoms with Gasteiger partial charge in [0.2, 0.25) is 0 Å². The summed E-state index contributed by atoms with van der Waals surface area (Å²) in [5.74, 6) is 2.59. The van der Waals surface area contributed by atoms with E-state index >= 15 is 0 Å². The van der Waals surface area contributed by atoms with Gasteiger partial charge in [-0.25, -0.2) is 0 Å². The highest BCUT2D eigenvalue weighted by Crippen LogP contribution is 2.05. The first-order chi connectivity index (χ1) is 5.81. The van der Waals surface area contributed by atoms with Crippen molar-refractivity contribution in [3.05, 3.63) is 0 Å². The van der Waals surface area contributed by atoms with Crippen LogP contribution in [0.5, 0.6) is 0 Å². The second-order valence-electron chi connectivity index (χ2n) is 3.19. The second kappa shape index (κ2) is 9.40. The topological polar surface area (TPSA) is 12.0 Å². The van der Waals surface area contributed by atoms with Crippen molar-refractivity contribution in [3.63, 3.8) is 0 Å². The molecule has 0 fully saturated rings. The normalized spacial score (nSPS) is 13.2. The number of rotatable bonds is 8. The van der Waals surface area contributed by atoms with Crippen molar-refractivity contribution in [1.82, 2.24) is 5.32 Å². The molecule has 0 radical (unpaired) electrons. The molecule has 74 valence electrons. The smallest absolute Gasteiger partial charge is 0.00390 e. The Morgan fingerprint density at radius 2 is 2.08 bits per heavy atom. The third kappa shape index (κ3) is 8.41. The molecule has 1 N–H and O–H groups in total. The summed E-state index contributed by atoms with van der Waals surface area (Å²) >= 11 is 2.05. The summed E-state index contributed by atoms with van der Waals surface area (Å²) in [7, 11) is 0. The van der Waals surface area contributed by atoms with E-state index in [1.54, 1.807) is 0 Å². The van der Waals surface area contributed by atoms with Gasteiger partial charge in [0.1, 0.15) is 0 Å². The van der Waals surface area contributed by atoms with Gasteiger partial charge in [-0.15, -0.1) is 0 Å². The van der Waals surface area contributed by atoms with Crippen LogP contribution in [0.4, 0.5) is 0 Å². The van der Waals surface area contributed by atoms with Gasteiger partial charge < -0.3 is 5.32 Å². The summed E-state index contributed by atoms with van der Waals surface area (Å²) in [6.07, 6.45) is 3.93. The zero-order valence-corrected chi connectivity index (χ0v) is 9.54. The minimum Gasteiger partial charge on any atom is -0.314 e. The molecule has 1 nitrogen and oxygen atoms in total. The van der Waals surface area contributed by atoms with Gasteiger partial charge in [-0.2, -0.15) is 11.8 Å². The highest BCUT2D eigenvalue weighted by atomic mass is 32.2. The summed E-state index contributed by atoms with van der Waals surface area (Å²) in [6.45, 7) is 7.89. The molecule has 0 saturated heterocycles. The molecule has 0 spiro atoms. The molecule has 0 aromatic heterocycles. The van der Waals surface area contributed by atoms with Crippen molar-refractivity contribution in [2.24, 2.45) is 0 Å². The molecule has 0 aromatic carbocycles. The molecule has 0 aromatic rings. The molecule has 1 unspecified atom stereocenters. The van der Waals surface area contributed by atoms with Crippen LogP contribution < -0.4 is 5.32 Å². The molecule has 0 aliphatic rings. The Balaban J connectivity index is 3.02. The van der Waals surface area contributed by atoms with Crippen molar-refractivity contribution in [2.75, 3.05) is 18.1 Å². The van der Waals surface area contributed by atoms with Crippen LogP contribution in [-0.4, -0.2) is 24.1 Å². The van der Waals surface area contributed by atoms with Crippen molar-refractivity contribution >= 4 is 11.8 Å². The highest BCUT2D eigenvalue weighted by molar-refractivity contribution is 7.99. The van der Waals surface area contributed by atoms with Crippen LogP contribution in [0.15, 0.2) is 0 Å². The van der Waals surface area contributed by atoms with E-state index in [9.17, 15) is 0 Å². The van der Waals surface area contributed by atoms with E-state index in [1.807, 2.05) is 11.8 Å². The summed E-state index contributed by atoms with van der Waals surface area (Å²) in [6, 6.07) is 0.711. The predicted octanol–water partition coefficient (Wildman–Crippen LogP) is 2.91. The Morgan fingerprint density at radius 3 is 2.67 bits per heavy atom. The Labute approximate surface area is 81.7 Å². The van der Waals surface area contributed by atoms with Gasteiger partial charge in [0.15, 0.2) is 0 Å². The maximum absolute atomic E-state index is 3.50. The van der Waals surface area contributed by atoms with Crippen LogP contribution in [0.25, 0.3) is 0 Å². The molecule has 1 atom stereocenters. The zero-order valence-electron chi connectivity index (χ0n) is 8.73. The number of thioether (sulfide) groups is 1. The van der Waals surface area contributed by atoms with E-state index < -0.39 is 0 Å². The van der Waals surface area contributed by atoms with Crippen molar-refractivity contribution in [1.29, 1.82) is 0 Å². The molecule has 0 heterocycles. The van der Waals surface area contributed by atoms with E-state index in [1.165, 1.54) is 37.3 Å². The SMILES string of the molecule is CCCNC(C)CCCSCC. The van der Waals surface area contributed by atoms with Crippen LogP contribution in [0.1, 0.15) is 40.0 Å². The van der Waals surface area contributed by atoms with Gasteiger partial charge in [-0.3, -0.25) is 0 Å². The number of hydrogen-bond donors (Lipinski definition) is 1. The Kier molecular flexibility index (Phi) is 9.64. The Morgan fingerprint density at radius 1 is 1.33 bits per heavy atom. The first-order valence-corrected chi connectivity index (χ1v) is 6.27. The highest BCUT2D eigenvalue weighted by Gasteiger charge is 1.98. The van der Waals surface area contributed by atoms with Gasteiger partial charge in [0.05, 0.1) is 0 Å². The average molecular weight is 189 g/mol. The monoisotopic (exact) mass is 189 g/mol. The van der Waals surface area contributed by atoms with Gasteiger partial charge in [0.25, 0.3) is 0 Å². The fourth-order valence-electron chi connectivity index (χ4n) is 1.13. The summed E-state index contributed by atoms with van der Waals surface area (Å²) in [5.41, 5.74) is 0. The maximum Gasteiger partial charge on any atom is 0.00390 e. The van der Waals surface area contributed by atoms with Crippen molar-refractivity contribution < 1.29 is 0 Å². The van der Waals surface area contributed by atoms with Crippen LogP contribution in [0, 0.1) is 0 Å². The Bertz CT molecular complexity index is 85.9. The molecule has 0 aliphatic heterocycles. The average Bonchev–Trinajstić information content (AvgIpc) is 2.09. The quantitative estimate of drug-likeness (QED) is 0.589. The minimum atomic E-state index is 0.711. The first kappa shape index (κ1) is 12.3. The second-order valence-corrected chi connectivity index (χ2v) is 4.59. The lowest BCUT2D eigenvalue weighted by molar-refractivity contribution is 0.510. The Hall–Kier alpha value is 0.310. The molecule has 0 aliphatic carbocycles. The number of hydrogen-bond acceptors (Lipinski definition) is 2. The van der Waals surface area contributed by atoms with E-state index in [-0.39, 0.29) is 0 Å². The molecule has 2 heteroatoms. The summed E-state index contributed by atoms with van der Waals surface area (Å²) in [4.78, 5) is 0. The van der Waals surface area contributed by atoms with Gasteiger partial charge in [-0.1, -0.05) is 13.8 Å². The van der Waals surface area contributed by atoms with E-state index in [0.29, 0.717) is 6.04 Å². The summed E-state index contributed by atoms with van der Waals surface area (Å²) in [5, 5.41) is 3.50. The number of nitrogens with one attached hydrogen (secondary N) is 1. The maximum atomic E-state index is 3.50. The summed E-state index contributed by atoms with van der Waals surface area (Å²) < 4.78 is 0. The van der Waals surface area contributed by atoms with E-state index in [4.69, 9.17) is 0 Å². The molecule has 0 rings (SSSR count). The third-order valence-electron chi connectivity index (χ3n) is 1.87. The van der Waals surface area contributed by atoms with Crippen molar-refractivity contribution in [2.45, 2.75) is 46.1 Å². The van der Waals surface area contributed by atoms with Crippen LogP contribution in [0.2, 0.25) is 0 Å². The fraction of sp³-hybridized carbons (Fsp3) is 1.00.